The van der Waals surface area contributed by atoms with Crippen molar-refractivity contribution in [3.05, 3.63) is 70.4 Å². The van der Waals surface area contributed by atoms with Crippen LogP contribution in [-0.4, -0.2) is 17.6 Å². The van der Waals surface area contributed by atoms with Gasteiger partial charge < -0.3 is 10.4 Å². The molecular weight excluding hydrogens is 306 g/mol. The van der Waals surface area contributed by atoms with Gasteiger partial charge in [0, 0.05) is 11.4 Å². The number of rotatable bonds is 6. The number of aliphatic hydroxyl groups is 1. The lowest BCUT2D eigenvalue weighted by molar-refractivity contribution is -0.120. The summed E-state index contributed by atoms with van der Waals surface area (Å²) < 4.78 is 0. The summed E-state index contributed by atoms with van der Waals surface area (Å²) in [6.07, 6.45) is 0.329. The van der Waals surface area contributed by atoms with Gasteiger partial charge in [-0.05, 0) is 34.2 Å². The van der Waals surface area contributed by atoms with Gasteiger partial charge in [-0.25, -0.2) is 0 Å². The highest BCUT2D eigenvalue weighted by molar-refractivity contribution is 7.10. The molecule has 2 N–H and O–H groups in total. The van der Waals surface area contributed by atoms with Crippen LogP contribution in [0.5, 0.6) is 0 Å². The summed E-state index contributed by atoms with van der Waals surface area (Å²) in [5.41, 5.74) is 0.913. The van der Waals surface area contributed by atoms with Crippen LogP contribution in [0.25, 0.3) is 10.8 Å². The van der Waals surface area contributed by atoms with Crippen molar-refractivity contribution in [3.8, 4) is 0 Å². The molecule has 0 fully saturated rings. The van der Waals surface area contributed by atoms with Gasteiger partial charge in [0.05, 0.1) is 12.5 Å². The number of thiophene rings is 1. The predicted molar refractivity (Wildman–Crippen MR) is 94.6 cm³/mol. The van der Waals surface area contributed by atoms with E-state index in [4.69, 9.17) is 0 Å². The zero-order valence-electron chi connectivity index (χ0n) is 12.7. The van der Waals surface area contributed by atoms with Crippen molar-refractivity contribution in [1.82, 2.24) is 5.32 Å². The highest BCUT2D eigenvalue weighted by atomic mass is 32.1. The van der Waals surface area contributed by atoms with E-state index in [0.29, 0.717) is 19.4 Å². The van der Waals surface area contributed by atoms with E-state index in [1.165, 1.54) is 0 Å². The molecule has 23 heavy (non-hydrogen) atoms. The number of hydrogen-bond donors (Lipinski definition) is 2. The normalized spacial score (nSPS) is 12.2. The van der Waals surface area contributed by atoms with E-state index >= 15 is 0 Å². The monoisotopic (exact) mass is 325 g/mol. The minimum Gasteiger partial charge on any atom is -0.388 e. The largest absolute Gasteiger partial charge is 0.388 e. The van der Waals surface area contributed by atoms with Gasteiger partial charge in [-0.1, -0.05) is 48.5 Å². The third-order valence-corrected chi connectivity index (χ3v) is 4.71. The minimum atomic E-state index is -0.580. The van der Waals surface area contributed by atoms with Gasteiger partial charge in [-0.15, -0.1) is 11.3 Å². The Kier molecular flexibility index (Phi) is 5.05. The Bertz CT molecular complexity index is 778. The molecule has 0 saturated heterocycles. The second-order valence-corrected chi connectivity index (χ2v) is 6.51. The number of amides is 1. The summed E-state index contributed by atoms with van der Waals surface area (Å²) >= 11 is 1.58. The lowest BCUT2D eigenvalue weighted by atomic mass is 9.99. The quantitative estimate of drug-likeness (QED) is 0.726. The molecule has 1 amide bonds. The van der Waals surface area contributed by atoms with Crippen molar-refractivity contribution in [2.24, 2.45) is 0 Å². The first-order chi connectivity index (χ1) is 11.2. The maximum absolute atomic E-state index is 11.9. The molecule has 1 heterocycles. The third kappa shape index (κ3) is 3.97. The van der Waals surface area contributed by atoms with Crippen LogP contribution in [0.2, 0.25) is 0 Å². The first-order valence-corrected chi connectivity index (χ1v) is 8.57. The van der Waals surface area contributed by atoms with Crippen molar-refractivity contribution < 1.29 is 9.90 Å². The Morgan fingerprint density at radius 3 is 2.74 bits per heavy atom. The zero-order chi connectivity index (χ0) is 16.1. The van der Waals surface area contributed by atoms with Crippen molar-refractivity contribution in [2.75, 3.05) is 6.54 Å². The standard InChI is InChI=1S/C19H19NO2S/c21-18(10-11-20-19(22)13-15-7-4-12-23-15)17-9-3-6-14-5-1-2-8-16(14)17/h1-9,12,18,21H,10-11,13H2,(H,20,22). The van der Waals surface area contributed by atoms with Crippen LogP contribution in [0.3, 0.4) is 0 Å². The first-order valence-electron chi connectivity index (χ1n) is 7.69. The fourth-order valence-corrected chi connectivity index (χ4v) is 3.38. The molecule has 1 unspecified atom stereocenters. The van der Waals surface area contributed by atoms with Crippen LogP contribution in [0, 0.1) is 0 Å². The zero-order valence-corrected chi connectivity index (χ0v) is 13.6. The van der Waals surface area contributed by atoms with Crippen LogP contribution in [0.4, 0.5) is 0 Å². The Labute approximate surface area is 139 Å². The fraction of sp³-hybridized carbons (Fsp3) is 0.211. The molecular formula is C19H19NO2S. The molecule has 0 aliphatic rings. The maximum atomic E-state index is 11.9. The number of nitrogens with one attached hydrogen (secondary N) is 1. The molecule has 1 atom stereocenters. The summed E-state index contributed by atoms with van der Waals surface area (Å²) in [5.74, 6) is -0.00225. The molecule has 0 bridgehead atoms. The lowest BCUT2D eigenvalue weighted by Gasteiger charge is -2.14. The summed E-state index contributed by atoms with van der Waals surface area (Å²) in [6.45, 7) is 0.467. The molecule has 0 aliphatic heterocycles. The lowest BCUT2D eigenvalue weighted by Crippen LogP contribution is -2.26. The smallest absolute Gasteiger partial charge is 0.225 e. The van der Waals surface area contributed by atoms with Crippen LogP contribution in [-0.2, 0) is 11.2 Å². The van der Waals surface area contributed by atoms with Crippen LogP contribution in [0.1, 0.15) is 23.0 Å². The Balaban J connectivity index is 1.56. The van der Waals surface area contributed by atoms with Crippen LogP contribution in [0.15, 0.2) is 60.0 Å². The van der Waals surface area contributed by atoms with Gasteiger partial charge in [0.1, 0.15) is 0 Å². The molecule has 118 valence electrons. The predicted octanol–water partition coefficient (Wildman–Crippen LogP) is 3.68. The SMILES string of the molecule is O=C(Cc1cccs1)NCCC(O)c1cccc2ccccc12. The number of benzene rings is 2. The van der Waals surface area contributed by atoms with E-state index in [-0.39, 0.29) is 5.91 Å². The highest BCUT2D eigenvalue weighted by Gasteiger charge is 2.11. The van der Waals surface area contributed by atoms with Gasteiger partial charge in [0.2, 0.25) is 5.91 Å². The number of fused-ring (bicyclic) bond motifs is 1. The van der Waals surface area contributed by atoms with E-state index in [2.05, 4.69) is 5.32 Å². The molecule has 3 rings (SSSR count). The molecule has 0 spiro atoms. The Hall–Kier alpha value is -2.17. The van der Waals surface area contributed by atoms with Gasteiger partial charge in [-0.2, -0.15) is 0 Å². The minimum absolute atomic E-state index is 0.00225. The molecule has 0 radical (unpaired) electrons. The van der Waals surface area contributed by atoms with Crippen LogP contribution < -0.4 is 5.32 Å². The topological polar surface area (TPSA) is 49.3 Å². The van der Waals surface area contributed by atoms with E-state index in [0.717, 1.165) is 21.2 Å². The second kappa shape index (κ2) is 7.40. The van der Waals surface area contributed by atoms with E-state index in [1.54, 1.807) is 11.3 Å². The molecule has 0 saturated carbocycles. The van der Waals surface area contributed by atoms with Gasteiger partial charge >= 0.3 is 0 Å². The summed E-state index contributed by atoms with van der Waals surface area (Å²) in [7, 11) is 0. The average Bonchev–Trinajstić information content (AvgIpc) is 3.07. The molecule has 0 aliphatic carbocycles. The van der Waals surface area contributed by atoms with Gasteiger partial charge in [0.15, 0.2) is 0 Å². The van der Waals surface area contributed by atoms with Crippen molar-refractivity contribution in [1.29, 1.82) is 0 Å². The number of carbonyl (C=O) groups is 1. The van der Waals surface area contributed by atoms with Crippen molar-refractivity contribution in [3.63, 3.8) is 0 Å². The van der Waals surface area contributed by atoms with E-state index in [9.17, 15) is 9.90 Å². The second-order valence-electron chi connectivity index (χ2n) is 5.48. The third-order valence-electron chi connectivity index (χ3n) is 3.84. The average molecular weight is 325 g/mol. The summed E-state index contributed by atoms with van der Waals surface area (Å²) in [4.78, 5) is 12.9. The maximum Gasteiger partial charge on any atom is 0.225 e. The van der Waals surface area contributed by atoms with E-state index in [1.807, 2.05) is 60.0 Å². The molecule has 3 aromatic rings. The highest BCUT2D eigenvalue weighted by Crippen LogP contribution is 2.25. The number of carbonyl (C=O) groups excluding carboxylic acids is 1. The molecule has 2 aromatic carbocycles. The van der Waals surface area contributed by atoms with Gasteiger partial charge in [0.25, 0.3) is 0 Å². The van der Waals surface area contributed by atoms with Crippen molar-refractivity contribution in [2.45, 2.75) is 18.9 Å². The molecule has 4 heteroatoms. The van der Waals surface area contributed by atoms with Crippen LogP contribution >= 0.6 is 11.3 Å². The Morgan fingerprint density at radius 1 is 1.09 bits per heavy atom. The summed E-state index contributed by atoms with van der Waals surface area (Å²) in [5, 5.41) is 17.5. The number of aliphatic hydroxyl groups excluding tert-OH is 1. The van der Waals surface area contributed by atoms with Crippen molar-refractivity contribution >= 4 is 28.0 Å². The van der Waals surface area contributed by atoms with E-state index < -0.39 is 6.10 Å². The van der Waals surface area contributed by atoms with Gasteiger partial charge in [-0.3, -0.25) is 4.79 Å². The Morgan fingerprint density at radius 2 is 1.91 bits per heavy atom. The number of hydrogen-bond acceptors (Lipinski definition) is 3. The summed E-state index contributed by atoms with van der Waals surface area (Å²) in [6, 6.07) is 17.8. The molecule has 3 nitrogen and oxygen atoms in total. The molecule has 1 aromatic heterocycles. The fourth-order valence-electron chi connectivity index (χ4n) is 2.68. The first kappa shape index (κ1) is 15.7.